The van der Waals surface area contributed by atoms with E-state index in [4.69, 9.17) is 16.3 Å². The van der Waals surface area contributed by atoms with Gasteiger partial charge in [-0.15, -0.1) is 0 Å². The van der Waals surface area contributed by atoms with Gasteiger partial charge in [0.15, 0.2) is 0 Å². The zero-order chi connectivity index (χ0) is 13.1. The lowest BCUT2D eigenvalue weighted by Crippen LogP contribution is -1.96. The van der Waals surface area contributed by atoms with Gasteiger partial charge in [0.05, 0.1) is 11.1 Å². The molecule has 1 unspecified atom stereocenters. The third-order valence-electron chi connectivity index (χ3n) is 2.48. The Morgan fingerprint density at radius 2 is 1.89 bits per heavy atom. The molecular formula is C14H12BrClO2. The van der Waals surface area contributed by atoms with Crippen LogP contribution in [0.1, 0.15) is 18.6 Å². The van der Waals surface area contributed by atoms with E-state index < -0.39 is 6.10 Å². The molecule has 94 valence electrons. The van der Waals surface area contributed by atoms with E-state index in [-0.39, 0.29) is 0 Å². The Kier molecular flexibility index (Phi) is 4.27. The lowest BCUT2D eigenvalue weighted by molar-refractivity contribution is 0.195. The van der Waals surface area contributed by atoms with Crippen LogP contribution in [0.3, 0.4) is 0 Å². The van der Waals surface area contributed by atoms with Crippen LogP contribution in [0.4, 0.5) is 0 Å². The Morgan fingerprint density at radius 3 is 2.61 bits per heavy atom. The molecule has 0 spiro atoms. The molecule has 0 fully saturated rings. The van der Waals surface area contributed by atoms with Crippen LogP contribution in [0.2, 0.25) is 5.02 Å². The minimum absolute atomic E-state index is 0.526. The summed E-state index contributed by atoms with van der Waals surface area (Å²) in [5, 5.41) is 10.2. The molecule has 4 heteroatoms. The predicted octanol–water partition coefficient (Wildman–Crippen LogP) is 4.95. The highest BCUT2D eigenvalue weighted by Crippen LogP contribution is 2.35. The van der Waals surface area contributed by atoms with Gasteiger partial charge in [0, 0.05) is 10.0 Å². The molecule has 0 aliphatic rings. The minimum atomic E-state index is -0.591. The number of para-hydroxylation sites is 1. The van der Waals surface area contributed by atoms with E-state index in [0.717, 1.165) is 10.0 Å². The van der Waals surface area contributed by atoms with E-state index in [1.165, 1.54) is 0 Å². The minimum Gasteiger partial charge on any atom is -0.455 e. The van der Waals surface area contributed by atoms with Gasteiger partial charge in [-0.3, -0.25) is 0 Å². The summed E-state index contributed by atoms with van der Waals surface area (Å²) in [6, 6.07) is 12.7. The van der Waals surface area contributed by atoms with Crippen LogP contribution >= 0.6 is 27.5 Å². The smallest absolute Gasteiger partial charge is 0.147 e. The van der Waals surface area contributed by atoms with Gasteiger partial charge in [0.2, 0.25) is 0 Å². The molecule has 0 aliphatic heterocycles. The van der Waals surface area contributed by atoms with E-state index in [1.54, 1.807) is 25.1 Å². The summed E-state index contributed by atoms with van der Waals surface area (Å²) in [4.78, 5) is 0. The number of hydrogen-bond acceptors (Lipinski definition) is 2. The maximum Gasteiger partial charge on any atom is 0.147 e. The molecule has 1 N–H and O–H groups in total. The molecule has 0 aliphatic carbocycles. The Labute approximate surface area is 119 Å². The molecule has 0 saturated carbocycles. The van der Waals surface area contributed by atoms with Crippen LogP contribution in [-0.2, 0) is 0 Å². The van der Waals surface area contributed by atoms with Gasteiger partial charge in [-0.05, 0) is 31.2 Å². The maximum absolute atomic E-state index is 9.68. The highest BCUT2D eigenvalue weighted by molar-refractivity contribution is 9.10. The van der Waals surface area contributed by atoms with Crippen molar-refractivity contribution in [2.24, 2.45) is 0 Å². The summed E-state index contributed by atoms with van der Waals surface area (Å²) in [5.41, 5.74) is 0.730. The van der Waals surface area contributed by atoms with Crippen LogP contribution in [0.15, 0.2) is 46.9 Å². The molecule has 2 aromatic rings. The van der Waals surface area contributed by atoms with Crippen molar-refractivity contribution in [1.82, 2.24) is 0 Å². The average molecular weight is 328 g/mol. The summed E-state index contributed by atoms with van der Waals surface area (Å²) < 4.78 is 6.65. The average Bonchev–Trinajstić information content (AvgIpc) is 2.34. The Morgan fingerprint density at radius 1 is 1.17 bits per heavy atom. The summed E-state index contributed by atoms with van der Waals surface area (Å²) in [6.07, 6.45) is -0.591. The summed E-state index contributed by atoms with van der Waals surface area (Å²) in [6.45, 7) is 1.70. The molecule has 0 aromatic heterocycles. The number of rotatable bonds is 3. The van der Waals surface area contributed by atoms with Crippen LogP contribution in [0.25, 0.3) is 0 Å². The standard InChI is InChI=1S/C14H12BrClO2/c1-9(17)11-4-2-3-5-13(11)18-14-8-10(15)6-7-12(14)16/h2-9,17H,1H3. The summed E-state index contributed by atoms with van der Waals surface area (Å²) in [7, 11) is 0. The van der Waals surface area contributed by atoms with Gasteiger partial charge >= 0.3 is 0 Å². The molecule has 18 heavy (non-hydrogen) atoms. The highest BCUT2D eigenvalue weighted by atomic mass is 79.9. The van der Waals surface area contributed by atoms with Crippen molar-refractivity contribution in [3.8, 4) is 11.5 Å². The second kappa shape index (κ2) is 5.74. The molecule has 0 saturated heterocycles. The lowest BCUT2D eigenvalue weighted by Gasteiger charge is -2.13. The van der Waals surface area contributed by atoms with Crippen LogP contribution in [0, 0.1) is 0 Å². The number of hydrogen-bond donors (Lipinski definition) is 1. The Bertz CT molecular complexity index is 555. The van der Waals surface area contributed by atoms with E-state index in [9.17, 15) is 5.11 Å². The number of aliphatic hydroxyl groups is 1. The lowest BCUT2D eigenvalue weighted by atomic mass is 10.1. The molecule has 0 heterocycles. The zero-order valence-corrected chi connectivity index (χ0v) is 12.1. The fourth-order valence-electron chi connectivity index (χ4n) is 1.59. The summed E-state index contributed by atoms with van der Waals surface area (Å²) >= 11 is 9.44. The van der Waals surface area contributed by atoms with Gasteiger partial charge < -0.3 is 9.84 Å². The first-order valence-corrected chi connectivity index (χ1v) is 6.65. The first-order valence-electron chi connectivity index (χ1n) is 5.48. The van der Waals surface area contributed by atoms with Crippen molar-refractivity contribution in [3.63, 3.8) is 0 Å². The number of benzene rings is 2. The van der Waals surface area contributed by atoms with Crippen molar-refractivity contribution in [3.05, 3.63) is 57.5 Å². The molecule has 2 aromatic carbocycles. The molecule has 1 atom stereocenters. The normalized spacial score (nSPS) is 12.2. The van der Waals surface area contributed by atoms with Crippen molar-refractivity contribution in [2.75, 3.05) is 0 Å². The number of aliphatic hydroxyl groups excluding tert-OH is 1. The Balaban J connectivity index is 2.37. The number of ether oxygens (including phenoxy) is 1. The first kappa shape index (κ1) is 13.4. The summed E-state index contributed by atoms with van der Waals surface area (Å²) in [5.74, 6) is 1.16. The quantitative estimate of drug-likeness (QED) is 0.864. The van der Waals surface area contributed by atoms with Crippen LogP contribution < -0.4 is 4.74 Å². The Hall–Kier alpha value is -1.03. The highest BCUT2D eigenvalue weighted by Gasteiger charge is 2.11. The molecule has 2 rings (SSSR count). The van der Waals surface area contributed by atoms with Crippen LogP contribution in [-0.4, -0.2) is 5.11 Å². The second-order valence-electron chi connectivity index (χ2n) is 3.89. The van der Waals surface area contributed by atoms with E-state index >= 15 is 0 Å². The van der Waals surface area contributed by atoms with Gasteiger partial charge in [-0.2, -0.15) is 0 Å². The molecule has 0 bridgehead atoms. The van der Waals surface area contributed by atoms with E-state index in [1.807, 2.05) is 24.3 Å². The second-order valence-corrected chi connectivity index (χ2v) is 5.21. The van der Waals surface area contributed by atoms with E-state index in [2.05, 4.69) is 15.9 Å². The fourth-order valence-corrected chi connectivity index (χ4v) is 2.09. The molecular weight excluding hydrogens is 316 g/mol. The largest absolute Gasteiger partial charge is 0.455 e. The maximum atomic E-state index is 9.68. The monoisotopic (exact) mass is 326 g/mol. The molecule has 0 radical (unpaired) electrons. The molecule has 0 amide bonds. The van der Waals surface area contributed by atoms with Crippen molar-refractivity contribution >= 4 is 27.5 Å². The van der Waals surface area contributed by atoms with E-state index in [0.29, 0.717) is 16.5 Å². The van der Waals surface area contributed by atoms with Gasteiger partial charge in [-0.1, -0.05) is 45.7 Å². The predicted molar refractivity (Wildman–Crippen MR) is 76.3 cm³/mol. The van der Waals surface area contributed by atoms with Crippen molar-refractivity contribution in [1.29, 1.82) is 0 Å². The zero-order valence-electron chi connectivity index (χ0n) is 9.73. The SMILES string of the molecule is CC(O)c1ccccc1Oc1cc(Br)ccc1Cl. The fraction of sp³-hybridized carbons (Fsp3) is 0.143. The van der Waals surface area contributed by atoms with Crippen LogP contribution in [0.5, 0.6) is 11.5 Å². The third kappa shape index (κ3) is 3.05. The van der Waals surface area contributed by atoms with Gasteiger partial charge in [-0.25, -0.2) is 0 Å². The third-order valence-corrected chi connectivity index (χ3v) is 3.29. The van der Waals surface area contributed by atoms with Crippen molar-refractivity contribution in [2.45, 2.75) is 13.0 Å². The molecule has 2 nitrogen and oxygen atoms in total. The van der Waals surface area contributed by atoms with Crippen molar-refractivity contribution < 1.29 is 9.84 Å². The van der Waals surface area contributed by atoms with Gasteiger partial charge in [0.25, 0.3) is 0 Å². The number of halogens is 2. The topological polar surface area (TPSA) is 29.5 Å². The first-order chi connectivity index (χ1) is 8.58. The van der Waals surface area contributed by atoms with Gasteiger partial charge in [0.1, 0.15) is 11.5 Å².